The second-order valence-corrected chi connectivity index (χ2v) is 9.79. The quantitative estimate of drug-likeness (QED) is 0.153. The summed E-state index contributed by atoms with van der Waals surface area (Å²) in [5.74, 6) is -0.382. The molecular formula is C29H32BrN3O6. The van der Waals surface area contributed by atoms with Crippen molar-refractivity contribution in [2.75, 3.05) is 20.3 Å². The number of unbranched alkanes of at least 4 members (excludes halogenated alkanes) is 1. The lowest BCUT2D eigenvalue weighted by atomic mass is 10.0. The van der Waals surface area contributed by atoms with Crippen LogP contribution in [0.4, 0.5) is 5.69 Å². The zero-order chi connectivity index (χ0) is 28.2. The normalized spacial score (nSPS) is 11.4. The van der Waals surface area contributed by atoms with E-state index in [1.807, 2.05) is 61.5 Å². The van der Waals surface area contributed by atoms with E-state index in [2.05, 4.69) is 21.2 Å². The van der Waals surface area contributed by atoms with Gasteiger partial charge >= 0.3 is 5.69 Å². The predicted molar refractivity (Wildman–Crippen MR) is 152 cm³/mol. The Labute approximate surface area is 236 Å². The minimum atomic E-state index is -0.782. The molecule has 1 unspecified atom stereocenters. The van der Waals surface area contributed by atoms with E-state index in [4.69, 9.17) is 9.47 Å². The van der Waals surface area contributed by atoms with Crippen molar-refractivity contribution < 1.29 is 24.0 Å². The Morgan fingerprint density at radius 1 is 1.05 bits per heavy atom. The van der Waals surface area contributed by atoms with Crippen LogP contribution in [-0.4, -0.2) is 47.9 Å². The lowest BCUT2D eigenvalue weighted by Gasteiger charge is -2.31. The summed E-state index contributed by atoms with van der Waals surface area (Å²) in [5, 5.41) is 14.2. The molecule has 0 spiro atoms. The highest BCUT2D eigenvalue weighted by Gasteiger charge is 2.30. The summed E-state index contributed by atoms with van der Waals surface area (Å²) in [7, 11) is 1.32. The highest BCUT2D eigenvalue weighted by Crippen LogP contribution is 2.31. The van der Waals surface area contributed by atoms with Crippen LogP contribution >= 0.6 is 15.9 Å². The molecule has 10 heteroatoms. The van der Waals surface area contributed by atoms with Gasteiger partial charge in [0.15, 0.2) is 6.61 Å². The average Bonchev–Trinajstić information content (AvgIpc) is 2.94. The molecule has 0 aliphatic heterocycles. The highest BCUT2D eigenvalue weighted by atomic mass is 79.9. The molecule has 3 rings (SSSR count). The molecule has 0 aromatic heterocycles. The number of carbonyl (C=O) groups is 2. The van der Waals surface area contributed by atoms with Crippen LogP contribution in [0.15, 0.2) is 77.3 Å². The second kappa shape index (κ2) is 14.9. The van der Waals surface area contributed by atoms with Crippen molar-refractivity contribution >= 4 is 33.4 Å². The van der Waals surface area contributed by atoms with Gasteiger partial charge in [0.1, 0.15) is 11.8 Å². The number of hydrogen-bond donors (Lipinski definition) is 1. The average molecular weight is 598 g/mol. The van der Waals surface area contributed by atoms with Crippen molar-refractivity contribution in [3.8, 4) is 11.5 Å². The number of hydrogen-bond acceptors (Lipinski definition) is 6. The summed E-state index contributed by atoms with van der Waals surface area (Å²) in [6, 6.07) is 20.3. The third-order valence-electron chi connectivity index (χ3n) is 6.08. The number of rotatable bonds is 14. The molecular weight excluding hydrogens is 566 g/mol. The number of methoxy groups -OCH3 is 1. The number of nitrogens with zero attached hydrogens (tertiary/aromatic N) is 2. The predicted octanol–water partition coefficient (Wildman–Crippen LogP) is 5.30. The maximum Gasteiger partial charge on any atom is 0.311 e. The smallest absolute Gasteiger partial charge is 0.311 e. The highest BCUT2D eigenvalue weighted by molar-refractivity contribution is 9.10. The van der Waals surface area contributed by atoms with Gasteiger partial charge in [-0.05, 0) is 35.7 Å². The second-order valence-electron chi connectivity index (χ2n) is 8.88. The van der Waals surface area contributed by atoms with Gasteiger partial charge in [0.05, 0.1) is 12.0 Å². The van der Waals surface area contributed by atoms with Crippen LogP contribution in [0.25, 0.3) is 0 Å². The van der Waals surface area contributed by atoms with Gasteiger partial charge in [0.25, 0.3) is 5.91 Å². The zero-order valence-corrected chi connectivity index (χ0v) is 23.6. The van der Waals surface area contributed by atoms with E-state index in [0.717, 1.165) is 28.4 Å². The van der Waals surface area contributed by atoms with Crippen molar-refractivity contribution in [3.05, 3.63) is 98.5 Å². The topological polar surface area (TPSA) is 111 Å². The molecule has 1 atom stereocenters. The monoisotopic (exact) mass is 597 g/mol. The summed E-state index contributed by atoms with van der Waals surface area (Å²) in [4.78, 5) is 39.3. The number of amides is 2. The summed E-state index contributed by atoms with van der Waals surface area (Å²) < 4.78 is 11.7. The Hall–Kier alpha value is -3.92. The number of benzene rings is 3. The maximum atomic E-state index is 13.7. The minimum absolute atomic E-state index is 0.0222. The first kappa shape index (κ1) is 29.6. The molecule has 0 fully saturated rings. The van der Waals surface area contributed by atoms with Crippen molar-refractivity contribution in [2.45, 2.75) is 38.8 Å². The number of ether oxygens (including phenoxy) is 2. The number of nitro benzene ring substituents is 1. The fourth-order valence-electron chi connectivity index (χ4n) is 3.97. The molecule has 3 aromatic rings. The number of nitro groups is 1. The summed E-state index contributed by atoms with van der Waals surface area (Å²) >= 11 is 3.43. The third kappa shape index (κ3) is 8.81. The molecule has 0 saturated heterocycles. The zero-order valence-electron chi connectivity index (χ0n) is 22.0. The SMILES string of the molecule is CCCCNC(=O)C(Cc1ccccc1)N(Cc1ccc(Br)cc1)C(=O)COc1ccc([N+](=O)[O-])c(OC)c1. The first-order valence-corrected chi connectivity index (χ1v) is 13.4. The van der Waals surface area contributed by atoms with Gasteiger partial charge in [-0.15, -0.1) is 0 Å². The molecule has 0 aliphatic carbocycles. The van der Waals surface area contributed by atoms with Crippen LogP contribution in [-0.2, 0) is 22.6 Å². The minimum Gasteiger partial charge on any atom is -0.490 e. The van der Waals surface area contributed by atoms with Gasteiger partial charge in [0, 0.05) is 36.1 Å². The number of halogens is 1. The summed E-state index contributed by atoms with van der Waals surface area (Å²) in [5.41, 5.74) is 1.56. The van der Waals surface area contributed by atoms with E-state index in [1.54, 1.807) is 0 Å². The molecule has 1 N–H and O–H groups in total. The van der Waals surface area contributed by atoms with Gasteiger partial charge in [0.2, 0.25) is 11.7 Å². The Kier molecular flexibility index (Phi) is 11.3. The largest absolute Gasteiger partial charge is 0.490 e. The Balaban J connectivity index is 1.89. The molecule has 2 amide bonds. The van der Waals surface area contributed by atoms with Gasteiger partial charge in [-0.3, -0.25) is 19.7 Å². The standard InChI is InChI=1S/C29H32BrN3O6/c1-3-4-16-31-29(35)26(17-21-8-6-5-7-9-21)32(19-22-10-12-23(30)13-11-22)28(34)20-39-24-14-15-25(33(36)37)27(18-24)38-2/h5-15,18,26H,3-4,16-17,19-20H2,1-2H3,(H,31,35). The molecule has 3 aromatic carbocycles. The molecule has 206 valence electrons. The molecule has 39 heavy (non-hydrogen) atoms. The van der Waals surface area contributed by atoms with Gasteiger partial charge in [-0.25, -0.2) is 0 Å². The van der Waals surface area contributed by atoms with E-state index in [9.17, 15) is 19.7 Å². The van der Waals surface area contributed by atoms with Crippen LogP contribution in [0.5, 0.6) is 11.5 Å². The van der Waals surface area contributed by atoms with Crippen LogP contribution < -0.4 is 14.8 Å². The first-order chi connectivity index (χ1) is 18.8. The summed E-state index contributed by atoms with van der Waals surface area (Å²) in [6.45, 7) is 2.38. The van der Waals surface area contributed by atoms with Gasteiger partial charge < -0.3 is 19.7 Å². The Morgan fingerprint density at radius 3 is 2.41 bits per heavy atom. The third-order valence-corrected chi connectivity index (χ3v) is 6.61. The number of carbonyl (C=O) groups excluding carboxylic acids is 2. The van der Waals surface area contributed by atoms with Crippen molar-refractivity contribution in [1.29, 1.82) is 0 Å². The van der Waals surface area contributed by atoms with Gasteiger partial charge in [-0.1, -0.05) is 71.7 Å². The van der Waals surface area contributed by atoms with Crippen LogP contribution in [0.3, 0.4) is 0 Å². The fraction of sp³-hybridized carbons (Fsp3) is 0.310. The molecule has 0 aliphatic rings. The molecule has 9 nitrogen and oxygen atoms in total. The molecule has 0 heterocycles. The maximum absolute atomic E-state index is 13.7. The molecule has 0 radical (unpaired) electrons. The van der Waals surface area contributed by atoms with Crippen LogP contribution in [0.2, 0.25) is 0 Å². The Morgan fingerprint density at radius 2 is 1.77 bits per heavy atom. The van der Waals surface area contributed by atoms with Crippen molar-refractivity contribution in [2.24, 2.45) is 0 Å². The lowest BCUT2D eigenvalue weighted by Crippen LogP contribution is -2.51. The van der Waals surface area contributed by atoms with E-state index in [1.165, 1.54) is 30.2 Å². The summed E-state index contributed by atoms with van der Waals surface area (Å²) in [6.07, 6.45) is 2.08. The van der Waals surface area contributed by atoms with E-state index < -0.39 is 16.9 Å². The van der Waals surface area contributed by atoms with Crippen LogP contribution in [0, 0.1) is 10.1 Å². The van der Waals surface area contributed by atoms with E-state index >= 15 is 0 Å². The first-order valence-electron chi connectivity index (χ1n) is 12.6. The van der Waals surface area contributed by atoms with E-state index in [-0.39, 0.29) is 36.2 Å². The Bertz CT molecular complexity index is 1250. The van der Waals surface area contributed by atoms with E-state index in [0.29, 0.717) is 13.0 Å². The fourth-order valence-corrected chi connectivity index (χ4v) is 4.24. The molecule has 0 bridgehead atoms. The van der Waals surface area contributed by atoms with Gasteiger partial charge in [-0.2, -0.15) is 0 Å². The van der Waals surface area contributed by atoms with Crippen LogP contribution in [0.1, 0.15) is 30.9 Å². The van der Waals surface area contributed by atoms with Crippen molar-refractivity contribution in [3.63, 3.8) is 0 Å². The van der Waals surface area contributed by atoms with Crippen molar-refractivity contribution in [1.82, 2.24) is 10.2 Å². The number of nitrogens with one attached hydrogen (secondary N) is 1. The molecule has 0 saturated carbocycles. The lowest BCUT2D eigenvalue weighted by molar-refractivity contribution is -0.385.